The van der Waals surface area contributed by atoms with Gasteiger partial charge < -0.3 is 10.5 Å². The van der Waals surface area contributed by atoms with Crippen molar-refractivity contribution in [2.24, 2.45) is 5.73 Å². The molecular weight excluding hydrogens is 304 g/mol. The standard InChI is InChI=1S/C12H16BrClN2O/c13-11-7-9(14)1-2-12(11)17-6-5-16-4-3-10(15)8-16/h1-2,7,10H,3-6,8,15H2/t10-/m1/s1. The van der Waals surface area contributed by atoms with Crippen LogP contribution in [0.15, 0.2) is 22.7 Å². The zero-order valence-electron chi connectivity index (χ0n) is 9.53. The second kappa shape index (κ2) is 6.05. The van der Waals surface area contributed by atoms with Gasteiger partial charge in [0.05, 0.1) is 4.47 Å². The Bertz CT molecular complexity index is 389. The van der Waals surface area contributed by atoms with Crippen molar-refractivity contribution in [1.29, 1.82) is 0 Å². The molecule has 1 aromatic carbocycles. The summed E-state index contributed by atoms with van der Waals surface area (Å²) in [6, 6.07) is 5.87. The summed E-state index contributed by atoms with van der Waals surface area (Å²) < 4.78 is 6.59. The van der Waals surface area contributed by atoms with Crippen LogP contribution in [-0.4, -0.2) is 37.2 Å². The molecule has 0 bridgehead atoms. The Balaban J connectivity index is 1.78. The van der Waals surface area contributed by atoms with Crippen LogP contribution in [-0.2, 0) is 0 Å². The topological polar surface area (TPSA) is 38.5 Å². The molecule has 3 nitrogen and oxygen atoms in total. The van der Waals surface area contributed by atoms with Crippen molar-refractivity contribution in [3.05, 3.63) is 27.7 Å². The van der Waals surface area contributed by atoms with Gasteiger partial charge in [0, 0.05) is 24.2 Å². The molecule has 0 aliphatic carbocycles. The third-order valence-electron chi connectivity index (χ3n) is 2.87. The first-order valence-electron chi connectivity index (χ1n) is 5.71. The smallest absolute Gasteiger partial charge is 0.133 e. The molecule has 0 spiro atoms. The average molecular weight is 320 g/mol. The molecule has 0 saturated carbocycles. The van der Waals surface area contributed by atoms with Gasteiger partial charge >= 0.3 is 0 Å². The molecule has 1 aliphatic rings. The lowest BCUT2D eigenvalue weighted by molar-refractivity contribution is 0.235. The summed E-state index contributed by atoms with van der Waals surface area (Å²) in [6.45, 7) is 3.65. The maximum Gasteiger partial charge on any atom is 0.133 e. The molecule has 1 aromatic rings. The van der Waals surface area contributed by atoms with Crippen LogP contribution < -0.4 is 10.5 Å². The summed E-state index contributed by atoms with van der Waals surface area (Å²) in [5.74, 6) is 0.831. The van der Waals surface area contributed by atoms with E-state index in [0.29, 0.717) is 17.7 Å². The highest BCUT2D eigenvalue weighted by Gasteiger charge is 2.18. The van der Waals surface area contributed by atoms with Crippen molar-refractivity contribution in [1.82, 2.24) is 4.90 Å². The Hall–Kier alpha value is -0.290. The third kappa shape index (κ3) is 3.85. The first-order chi connectivity index (χ1) is 8.15. The first kappa shape index (κ1) is 13.1. The van der Waals surface area contributed by atoms with E-state index in [0.717, 1.165) is 36.3 Å². The van der Waals surface area contributed by atoms with Gasteiger partial charge in [0.15, 0.2) is 0 Å². The zero-order chi connectivity index (χ0) is 12.3. The van der Waals surface area contributed by atoms with Crippen molar-refractivity contribution in [3.8, 4) is 5.75 Å². The molecule has 5 heteroatoms. The van der Waals surface area contributed by atoms with Gasteiger partial charge in [-0.3, -0.25) is 4.90 Å². The van der Waals surface area contributed by atoms with Gasteiger partial charge in [-0.2, -0.15) is 0 Å². The number of rotatable bonds is 4. The Morgan fingerprint density at radius 1 is 1.53 bits per heavy atom. The number of halogens is 2. The SMILES string of the molecule is N[C@@H]1CCN(CCOc2ccc(Cl)cc2Br)C1. The summed E-state index contributed by atoms with van der Waals surface area (Å²) in [6.07, 6.45) is 1.09. The number of benzene rings is 1. The lowest BCUT2D eigenvalue weighted by Crippen LogP contribution is -2.29. The quantitative estimate of drug-likeness (QED) is 0.927. The molecule has 1 atom stereocenters. The molecular formula is C12H16BrClN2O. The Morgan fingerprint density at radius 2 is 2.35 bits per heavy atom. The van der Waals surface area contributed by atoms with Crippen LogP contribution in [0.1, 0.15) is 6.42 Å². The molecule has 2 rings (SSSR count). The number of ether oxygens (including phenoxy) is 1. The average Bonchev–Trinajstić information content (AvgIpc) is 2.68. The first-order valence-corrected chi connectivity index (χ1v) is 6.88. The second-order valence-electron chi connectivity index (χ2n) is 4.27. The molecule has 1 fully saturated rings. The van der Waals surface area contributed by atoms with Gasteiger partial charge in [-0.15, -0.1) is 0 Å². The number of hydrogen-bond acceptors (Lipinski definition) is 3. The highest BCUT2D eigenvalue weighted by molar-refractivity contribution is 9.10. The lowest BCUT2D eigenvalue weighted by Gasteiger charge is -2.16. The van der Waals surface area contributed by atoms with Crippen LogP contribution >= 0.6 is 27.5 Å². The van der Waals surface area contributed by atoms with Crippen LogP contribution in [0.2, 0.25) is 5.02 Å². The maximum atomic E-state index is 5.86. The molecule has 1 aliphatic heterocycles. The van der Waals surface area contributed by atoms with Crippen LogP contribution in [0.4, 0.5) is 0 Å². The van der Waals surface area contributed by atoms with Crippen LogP contribution in [0.3, 0.4) is 0 Å². The van der Waals surface area contributed by atoms with E-state index in [9.17, 15) is 0 Å². The fourth-order valence-corrected chi connectivity index (χ4v) is 2.74. The van der Waals surface area contributed by atoms with Crippen molar-refractivity contribution < 1.29 is 4.74 Å². The molecule has 0 aromatic heterocycles. The number of nitrogens with zero attached hydrogens (tertiary/aromatic N) is 1. The fourth-order valence-electron chi connectivity index (χ4n) is 1.94. The molecule has 1 saturated heterocycles. The highest BCUT2D eigenvalue weighted by Crippen LogP contribution is 2.27. The van der Waals surface area contributed by atoms with Gasteiger partial charge in [0.2, 0.25) is 0 Å². The predicted octanol–water partition coefficient (Wildman–Crippen LogP) is 2.51. The van der Waals surface area contributed by atoms with Gasteiger partial charge in [-0.1, -0.05) is 11.6 Å². The molecule has 17 heavy (non-hydrogen) atoms. The molecule has 94 valence electrons. The number of hydrogen-bond donors (Lipinski definition) is 1. The van der Waals surface area contributed by atoms with Crippen LogP contribution in [0.25, 0.3) is 0 Å². The lowest BCUT2D eigenvalue weighted by atomic mass is 10.3. The zero-order valence-corrected chi connectivity index (χ0v) is 11.9. The van der Waals surface area contributed by atoms with Crippen LogP contribution in [0.5, 0.6) is 5.75 Å². The number of nitrogens with two attached hydrogens (primary N) is 1. The Labute approximate surface area is 115 Å². The van der Waals surface area contributed by atoms with E-state index in [-0.39, 0.29) is 0 Å². The second-order valence-corrected chi connectivity index (χ2v) is 5.56. The van der Waals surface area contributed by atoms with E-state index in [1.165, 1.54) is 0 Å². The minimum atomic E-state index is 0.331. The maximum absolute atomic E-state index is 5.86. The molecule has 0 radical (unpaired) electrons. The Kier molecular flexibility index (Phi) is 4.68. The summed E-state index contributed by atoms with van der Waals surface area (Å²) >= 11 is 9.29. The van der Waals surface area contributed by atoms with Crippen molar-refractivity contribution >= 4 is 27.5 Å². The molecule has 2 N–H and O–H groups in total. The van der Waals surface area contributed by atoms with E-state index in [4.69, 9.17) is 22.1 Å². The van der Waals surface area contributed by atoms with E-state index < -0.39 is 0 Å². The largest absolute Gasteiger partial charge is 0.491 e. The van der Waals surface area contributed by atoms with Crippen molar-refractivity contribution in [2.45, 2.75) is 12.5 Å². The van der Waals surface area contributed by atoms with Crippen molar-refractivity contribution in [3.63, 3.8) is 0 Å². The predicted molar refractivity (Wildman–Crippen MR) is 73.7 cm³/mol. The summed E-state index contributed by atoms with van der Waals surface area (Å²) in [7, 11) is 0. The monoisotopic (exact) mass is 318 g/mol. The minimum absolute atomic E-state index is 0.331. The highest BCUT2D eigenvalue weighted by atomic mass is 79.9. The van der Waals surface area contributed by atoms with Gasteiger partial charge in [0.1, 0.15) is 12.4 Å². The van der Waals surface area contributed by atoms with Crippen LogP contribution in [0, 0.1) is 0 Å². The number of likely N-dealkylation sites (tertiary alicyclic amines) is 1. The van der Waals surface area contributed by atoms with Gasteiger partial charge in [-0.05, 0) is 47.1 Å². The summed E-state index contributed by atoms with van der Waals surface area (Å²) in [4.78, 5) is 2.33. The van der Waals surface area contributed by atoms with Crippen molar-refractivity contribution in [2.75, 3.05) is 26.2 Å². The Morgan fingerprint density at radius 3 is 3.00 bits per heavy atom. The van der Waals surface area contributed by atoms with E-state index in [1.54, 1.807) is 0 Å². The molecule has 0 amide bonds. The molecule has 0 unspecified atom stereocenters. The fraction of sp³-hybridized carbons (Fsp3) is 0.500. The van der Waals surface area contributed by atoms with E-state index >= 15 is 0 Å². The summed E-state index contributed by atoms with van der Waals surface area (Å²) in [5, 5.41) is 0.703. The summed E-state index contributed by atoms with van der Waals surface area (Å²) in [5.41, 5.74) is 5.84. The van der Waals surface area contributed by atoms with E-state index in [2.05, 4.69) is 20.8 Å². The molecule has 1 heterocycles. The minimum Gasteiger partial charge on any atom is -0.491 e. The van der Waals surface area contributed by atoms with Gasteiger partial charge in [-0.25, -0.2) is 0 Å². The normalized spacial score (nSPS) is 20.8. The van der Waals surface area contributed by atoms with E-state index in [1.807, 2.05) is 18.2 Å². The third-order valence-corrected chi connectivity index (χ3v) is 3.72. The van der Waals surface area contributed by atoms with Gasteiger partial charge in [0.25, 0.3) is 0 Å².